The molecule has 0 radical (unpaired) electrons. The van der Waals surface area contributed by atoms with Gasteiger partial charge in [-0.3, -0.25) is 0 Å². The number of unbranched alkanes of at least 4 members (excludes halogenated alkanes) is 2. The van der Waals surface area contributed by atoms with E-state index >= 15 is 0 Å². The first-order valence-corrected chi connectivity index (χ1v) is 11.1. The molecule has 0 saturated heterocycles. The molecule has 0 aliphatic heterocycles. The zero-order valence-electron chi connectivity index (χ0n) is 16.5. The molecule has 1 nitrogen and oxygen atoms in total. The minimum Gasteiger partial charge on any atom is -0.378 e. The Morgan fingerprint density at radius 2 is 1.42 bits per heavy atom. The van der Waals surface area contributed by atoms with Gasteiger partial charge in [0.15, 0.2) is 0 Å². The molecule has 0 aromatic carbocycles. The van der Waals surface area contributed by atoms with Gasteiger partial charge in [0, 0.05) is 6.61 Å². The molecule has 1 heteroatoms. The molecule has 0 heterocycles. The van der Waals surface area contributed by atoms with Crippen molar-refractivity contribution in [1.29, 1.82) is 0 Å². The average Bonchev–Trinajstić information content (AvgIpc) is 2.63. The first-order chi connectivity index (χ1) is 11.8. The van der Waals surface area contributed by atoms with Crippen LogP contribution in [0.15, 0.2) is 12.2 Å². The first kappa shape index (κ1) is 20.0. The molecule has 140 valence electrons. The second-order valence-electron chi connectivity index (χ2n) is 8.44. The number of allylic oxidation sites excluding steroid dienone is 2. The summed E-state index contributed by atoms with van der Waals surface area (Å²) in [5.74, 6) is 2.92. The fourth-order valence-corrected chi connectivity index (χ4v) is 4.58. The Morgan fingerprint density at radius 1 is 0.792 bits per heavy atom. The highest BCUT2D eigenvalue weighted by atomic mass is 16.5. The van der Waals surface area contributed by atoms with Crippen LogP contribution in [0.1, 0.15) is 104 Å². The zero-order valence-corrected chi connectivity index (χ0v) is 16.5. The molecule has 0 spiro atoms. The minimum atomic E-state index is 0.582. The SMILES string of the molecule is CCC/C=C/C1CCC(CCC2CCC(OCCCC)CC2)CC1. The van der Waals surface area contributed by atoms with Gasteiger partial charge in [0.2, 0.25) is 0 Å². The smallest absolute Gasteiger partial charge is 0.0575 e. The molecule has 2 aliphatic rings. The van der Waals surface area contributed by atoms with E-state index in [0.29, 0.717) is 6.10 Å². The number of rotatable bonds is 10. The summed E-state index contributed by atoms with van der Waals surface area (Å²) in [7, 11) is 0. The second-order valence-corrected chi connectivity index (χ2v) is 8.44. The van der Waals surface area contributed by atoms with E-state index in [1.54, 1.807) is 0 Å². The van der Waals surface area contributed by atoms with Gasteiger partial charge in [-0.05, 0) is 82.0 Å². The Balaban J connectivity index is 1.52. The maximum absolute atomic E-state index is 6.01. The predicted octanol–water partition coefficient (Wildman–Crippen LogP) is 7.30. The fourth-order valence-electron chi connectivity index (χ4n) is 4.58. The number of ether oxygens (including phenoxy) is 1. The highest BCUT2D eigenvalue weighted by Crippen LogP contribution is 2.36. The summed E-state index contributed by atoms with van der Waals surface area (Å²) in [5, 5.41) is 0. The standard InChI is InChI=1S/C23H42O/c1-3-5-7-8-20-9-11-21(12-10-20)13-14-22-15-17-23(18-16-22)24-19-6-4-2/h7-8,20-23H,3-6,9-19H2,1-2H3/b8-7+. The zero-order chi connectivity index (χ0) is 17.0. The van der Waals surface area contributed by atoms with E-state index in [4.69, 9.17) is 4.74 Å². The minimum absolute atomic E-state index is 0.582. The summed E-state index contributed by atoms with van der Waals surface area (Å²) in [6, 6.07) is 0. The van der Waals surface area contributed by atoms with Crippen molar-refractivity contribution < 1.29 is 4.74 Å². The molecule has 0 N–H and O–H groups in total. The van der Waals surface area contributed by atoms with Crippen molar-refractivity contribution in [3.05, 3.63) is 12.2 Å². The highest BCUT2D eigenvalue weighted by Gasteiger charge is 2.24. The van der Waals surface area contributed by atoms with E-state index in [1.165, 1.54) is 89.9 Å². The quantitative estimate of drug-likeness (QED) is 0.301. The Hall–Kier alpha value is -0.300. The third-order valence-corrected chi connectivity index (χ3v) is 6.38. The number of hydrogen-bond acceptors (Lipinski definition) is 1. The summed E-state index contributed by atoms with van der Waals surface area (Å²) in [6.07, 6.45) is 24.9. The van der Waals surface area contributed by atoms with Crippen molar-refractivity contribution in [3.8, 4) is 0 Å². The maximum Gasteiger partial charge on any atom is 0.0575 e. The van der Waals surface area contributed by atoms with E-state index in [0.717, 1.165) is 24.4 Å². The summed E-state index contributed by atoms with van der Waals surface area (Å²) < 4.78 is 6.01. The molecule has 0 aromatic rings. The molecule has 2 aliphatic carbocycles. The fraction of sp³-hybridized carbons (Fsp3) is 0.913. The van der Waals surface area contributed by atoms with Crippen LogP contribution in [0.5, 0.6) is 0 Å². The van der Waals surface area contributed by atoms with Gasteiger partial charge >= 0.3 is 0 Å². The van der Waals surface area contributed by atoms with Crippen LogP contribution < -0.4 is 0 Å². The molecular formula is C23H42O. The molecule has 0 aromatic heterocycles. The van der Waals surface area contributed by atoms with E-state index in [2.05, 4.69) is 26.0 Å². The van der Waals surface area contributed by atoms with Crippen LogP contribution in [-0.2, 0) is 4.74 Å². The summed E-state index contributed by atoms with van der Waals surface area (Å²) >= 11 is 0. The molecule has 0 amide bonds. The topological polar surface area (TPSA) is 9.23 Å². The van der Waals surface area contributed by atoms with Gasteiger partial charge in [-0.15, -0.1) is 0 Å². The molecule has 0 unspecified atom stereocenters. The van der Waals surface area contributed by atoms with E-state index in [-0.39, 0.29) is 0 Å². The second kappa shape index (κ2) is 12.1. The van der Waals surface area contributed by atoms with Crippen molar-refractivity contribution in [1.82, 2.24) is 0 Å². The molecule has 2 fully saturated rings. The van der Waals surface area contributed by atoms with Crippen LogP contribution in [0.3, 0.4) is 0 Å². The lowest BCUT2D eigenvalue weighted by atomic mass is 9.77. The Kier molecular flexibility index (Phi) is 10.1. The van der Waals surface area contributed by atoms with Crippen LogP contribution in [0.25, 0.3) is 0 Å². The van der Waals surface area contributed by atoms with Gasteiger partial charge in [0.25, 0.3) is 0 Å². The van der Waals surface area contributed by atoms with Crippen molar-refractivity contribution in [2.45, 2.75) is 110 Å². The van der Waals surface area contributed by atoms with Gasteiger partial charge in [-0.25, -0.2) is 0 Å². The van der Waals surface area contributed by atoms with E-state index in [1.807, 2.05) is 0 Å². The summed E-state index contributed by atoms with van der Waals surface area (Å²) in [5.41, 5.74) is 0. The average molecular weight is 335 g/mol. The Bertz CT molecular complexity index is 319. The van der Waals surface area contributed by atoms with Gasteiger partial charge in [0.1, 0.15) is 0 Å². The van der Waals surface area contributed by atoms with Crippen LogP contribution in [0.4, 0.5) is 0 Å². The maximum atomic E-state index is 6.01. The summed E-state index contributed by atoms with van der Waals surface area (Å²) in [6.45, 7) is 5.50. The van der Waals surface area contributed by atoms with Crippen molar-refractivity contribution in [2.75, 3.05) is 6.61 Å². The van der Waals surface area contributed by atoms with Gasteiger partial charge in [-0.2, -0.15) is 0 Å². The normalized spacial score (nSPS) is 31.6. The van der Waals surface area contributed by atoms with Crippen LogP contribution >= 0.6 is 0 Å². The van der Waals surface area contributed by atoms with Crippen molar-refractivity contribution in [3.63, 3.8) is 0 Å². The predicted molar refractivity (Wildman–Crippen MR) is 105 cm³/mol. The van der Waals surface area contributed by atoms with Crippen molar-refractivity contribution >= 4 is 0 Å². The van der Waals surface area contributed by atoms with Crippen LogP contribution in [-0.4, -0.2) is 12.7 Å². The summed E-state index contributed by atoms with van der Waals surface area (Å²) in [4.78, 5) is 0. The molecule has 2 rings (SSSR count). The van der Waals surface area contributed by atoms with E-state index < -0.39 is 0 Å². The van der Waals surface area contributed by atoms with Gasteiger partial charge < -0.3 is 4.74 Å². The molecule has 0 atom stereocenters. The van der Waals surface area contributed by atoms with Gasteiger partial charge in [-0.1, -0.05) is 51.7 Å². The van der Waals surface area contributed by atoms with Crippen LogP contribution in [0.2, 0.25) is 0 Å². The third kappa shape index (κ3) is 7.72. The number of hydrogen-bond donors (Lipinski definition) is 0. The Labute approximate surface area is 151 Å². The highest BCUT2D eigenvalue weighted by molar-refractivity contribution is 4.91. The largest absolute Gasteiger partial charge is 0.378 e. The van der Waals surface area contributed by atoms with E-state index in [9.17, 15) is 0 Å². The lowest BCUT2D eigenvalue weighted by molar-refractivity contribution is 0.0151. The first-order valence-electron chi connectivity index (χ1n) is 11.1. The molecule has 2 saturated carbocycles. The molecular weight excluding hydrogens is 292 g/mol. The third-order valence-electron chi connectivity index (χ3n) is 6.38. The monoisotopic (exact) mass is 334 g/mol. The molecule has 24 heavy (non-hydrogen) atoms. The Morgan fingerprint density at radius 3 is 2.00 bits per heavy atom. The van der Waals surface area contributed by atoms with Gasteiger partial charge in [0.05, 0.1) is 6.10 Å². The van der Waals surface area contributed by atoms with Crippen molar-refractivity contribution in [2.24, 2.45) is 17.8 Å². The lowest BCUT2D eigenvalue weighted by Gasteiger charge is -2.31. The molecule has 0 bridgehead atoms. The lowest BCUT2D eigenvalue weighted by Crippen LogP contribution is -2.23. The van der Waals surface area contributed by atoms with Crippen LogP contribution in [0, 0.1) is 17.8 Å².